The molecular weight excluding hydrogens is 316 g/mol. The smallest absolute Gasteiger partial charge is 0.314 e. The summed E-state index contributed by atoms with van der Waals surface area (Å²) in [6, 6.07) is 19.6. The molecule has 2 amide bonds. The fourth-order valence-electron chi connectivity index (χ4n) is 2.59. The van der Waals surface area contributed by atoms with Crippen LogP contribution in [0, 0.1) is 0 Å². The number of rotatable bonds is 3. The summed E-state index contributed by atoms with van der Waals surface area (Å²) >= 11 is 0. The minimum absolute atomic E-state index is 0.189. The zero-order valence-corrected chi connectivity index (χ0v) is 13.6. The maximum Gasteiger partial charge on any atom is 0.314 e. The fraction of sp³-hybridized carbons (Fsp3) is 0.0500. The average molecular weight is 332 g/mol. The normalized spacial score (nSPS) is 10.3. The molecule has 3 rings (SSSR count). The summed E-state index contributed by atoms with van der Waals surface area (Å²) in [6.07, 6.45) is 0. The van der Waals surface area contributed by atoms with Crippen LogP contribution >= 0.6 is 0 Å². The molecule has 0 atom stereocenters. The molecule has 2 N–H and O–H groups in total. The number of carbonyl (C=O) groups is 3. The highest BCUT2D eigenvalue weighted by Gasteiger charge is 2.17. The van der Waals surface area contributed by atoms with E-state index in [9.17, 15) is 14.4 Å². The van der Waals surface area contributed by atoms with E-state index in [0.29, 0.717) is 16.9 Å². The molecule has 124 valence electrons. The van der Waals surface area contributed by atoms with Crippen LogP contribution in [0.5, 0.6) is 0 Å². The molecule has 0 aliphatic rings. The molecule has 0 unspecified atom stereocenters. The number of nitrogens with one attached hydrogen (secondary N) is 2. The Morgan fingerprint density at radius 1 is 0.680 bits per heavy atom. The lowest BCUT2D eigenvalue weighted by Crippen LogP contribution is -2.29. The maximum absolute atomic E-state index is 12.2. The summed E-state index contributed by atoms with van der Waals surface area (Å²) in [5.74, 6) is -1.82. The first kappa shape index (κ1) is 16.4. The van der Waals surface area contributed by atoms with Gasteiger partial charge < -0.3 is 10.6 Å². The van der Waals surface area contributed by atoms with Gasteiger partial charge in [0.1, 0.15) is 0 Å². The number of amides is 2. The third-order valence-corrected chi connectivity index (χ3v) is 3.80. The second-order valence-corrected chi connectivity index (χ2v) is 5.54. The standard InChI is InChI=1S/C20H16N2O3/c1-13(23)15-9-4-5-11-17(15)21-19(24)20(25)22-18-12-6-8-14-7-2-3-10-16(14)18/h2-12H,1H3,(H,21,24)(H,22,25). The van der Waals surface area contributed by atoms with E-state index in [4.69, 9.17) is 0 Å². The van der Waals surface area contributed by atoms with Crippen molar-refractivity contribution in [2.24, 2.45) is 0 Å². The number of hydrogen-bond acceptors (Lipinski definition) is 3. The van der Waals surface area contributed by atoms with Crippen LogP contribution in [0.15, 0.2) is 66.7 Å². The molecule has 3 aromatic carbocycles. The molecule has 0 fully saturated rings. The van der Waals surface area contributed by atoms with Crippen molar-refractivity contribution in [3.8, 4) is 0 Å². The minimum atomic E-state index is -0.832. The Hall–Kier alpha value is -3.47. The molecule has 0 heterocycles. The molecular formula is C20H16N2O3. The molecule has 0 saturated heterocycles. The molecule has 0 aliphatic heterocycles. The van der Waals surface area contributed by atoms with Crippen LogP contribution in [0.4, 0.5) is 11.4 Å². The zero-order chi connectivity index (χ0) is 17.8. The van der Waals surface area contributed by atoms with E-state index in [1.165, 1.54) is 6.92 Å². The van der Waals surface area contributed by atoms with Gasteiger partial charge in [-0.25, -0.2) is 0 Å². The van der Waals surface area contributed by atoms with Gasteiger partial charge in [-0.05, 0) is 30.5 Å². The van der Waals surface area contributed by atoms with Crippen molar-refractivity contribution in [3.05, 3.63) is 72.3 Å². The summed E-state index contributed by atoms with van der Waals surface area (Å²) in [6.45, 7) is 1.40. The van der Waals surface area contributed by atoms with E-state index < -0.39 is 11.8 Å². The van der Waals surface area contributed by atoms with E-state index in [-0.39, 0.29) is 5.78 Å². The van der Waals surface area contributed by atoms with Crippen LogP contribution in [0.25, 0.3) is 10.8 Å². The largest absolute Gasteiger partial charge is 0.317 e. The van der Waals surface area contributed by atoms with Gasteiger partial charge >= 0.3 is 11.8 Å². The molecule has 25 heavy (non-hydrogen) atoms. The van der Waals surface area contributed by atoms with Crippen LogP contribution in [-0.2, 0) is 9.59 Å². The second kappa shape index (κ2) is 6.97. The Balaban J connectivity index is 1.80. The molecule has 0 aromatic heterocycles. The highest BCUT2D eigenvalue weighted by Crippen LogP contribution is 2.23. The third kappa shape index (κ3) is 3.55. The predicted octanol–water partition coefficient (Wildman–Crippen LogP) is 3.62. The molecule has 0 aliphatic carbocycles. The van der Waals surface area contributed by atoms with E-state index in [2.05, 4.69) is 10.6 Å². The van der Waals surface area contributed by atoms with Crippen LogP contribution < -0.4 is 10.6 Å². The molecule has 0 radical (unpaired) electrons. The van der Waals surface area contributed by atoms with Gasteiger partial charge in [0.25, 0.3) is 0 Å². The first-order valence-electron chi connectivity index (χ1n) is 7.76. The summed E-state index contributed by atoms with van der Waals surface area (Å²) in [4.78, 5) is 36.0. The number of fused-ring (bicyclic) bond motifs is 1. The van der Waals surface area contributed by atoms with Gasteiger partial charge in [-0.2, -0.15) is 0 Å². The van der Waals surface area contributed by atoms with Gasteiger partial charge in [0.15, 0.2) is 5.78 Å². The Labute approximate surface area is 144 Å². The fourth-order valence-corrected chi connectivity index (χ4v) is 2.59. The number of benzene rings is 3. The maximum atomic E-state index is 12.2. The highest BCUT2D eigenvalue weighted by molar-refractivity contribution is 6.44. The van der Waals surface area contributed by atoms with E-state index in [1.54, 1.807) is 36.4 Å². The molecule has 0 bridgehead atoms. The number of Topliss-reactive ketones (excluding diaryl/α,β-unsaturated/α-hetero) is 1. The highest BCUT2D eigenvalue weighted by atomic mass is 16.2. The third-order valence-electron chi connectivity index (χ3n) is 3.80. The van der Waals surface area contributed by atoms with Gasteiger partial charge in [0.05, 0.1) is 5.69 Å². The molecule has 5 heteroatoms. The van der Waals surface area contributed by atoms with Crippen molar-refractivity contribution >= 4 is 39.7 Å². The quantitative estimate of drug-likeness (QED) is 0.568. The Kier molecular flexibility index (Phi) is 4.57. The molecule has 3 aromatic rings. The number of ketones is 1. The Morgan fingerprint density at radius 3 is 2.00 bits per heavy atom. The predicted molar refractivity (Wildman–Crippen MR) is 97.7 cm³/mol. The molecule has 0 saturated carbocycles. The zero-order valence-electron chi connectivity index (χ0n) is 13.6. The van der Waals surface area contributed by atoms with Crippen LogP contribution in [0.1, 0.15) is 17.3 Å². The first-order valence-corrected chi connectivity index (χ1v) is 7.76. The summed E-state index contributed by atoms with van der Waals surface area (Å²) in [5.41, 5.74) is 1.22. The van der Waals surface area contributed by atoms with Gasteiger partial charge in [0.2, 0.25) is 0 Å². The number of anilines is 2. The molecule has 5 nitrogen and oxygen atoms in total. The van der Waals surface area contributed by atoms with Gasteiger partial charge in [0, 0.05) is 16.6 Å². The summed E-state index contributed by atoms with van der Waals surface area (Å²) < 4.78 is 0. The SMILES string of the molecule is CC(=O)c1ccccc1NC(=O)C(=O)Nc1cccc2ccccc12. The van der Waals surface area contributed by atoms with Gasteiger partial charge in [-0.3, -0.25) is 14.4 Å². The van der Waals surface area contributed by atoms with Gasteiger partial charge in [-0.15, -0.1) is 0 Å². The monoisotopic (exact) mass is 332 g/mol. The Morgan fingerprint density at radius 2 is 1.24 bits per heavy atom. The van der Waals surface area contributed by atoms with Crippen molar-refractivity contribution < 1.29 is 14.4 Å². The average Bonchev–Trinajstić information content (AvgIpc) is 2.62. The van der Waals surface area contributed by atoms with Crippen LogP contribution in [0.3, 0.4) is 0 Å². The van der Waals surface area contributed by atoms with Crippen LogP contribution in [-0.4, -0.2) is 17.6 Å². The van der Waals surface area contributed by atoms with Crippen LogP contribution in [0.2, 0.25) is 0 Å². The second-order valence-electron chi connectivity index (χ2n) is 5.54. The van der Waals surface area contributed by atoms with Crippen molar-refractivity contribution in [1.82, 2.24) is 0 Å². The Bertz CT molecular complexity index is 974. The summed E-state index contributed by atoms with van der Waals surface area (Å²) in [5, 5.41) is 6.91. The number of carbonyl (C=O) groups excluding carboxylic acids is 3. The van der Waals surface area contributed by atoms with Crippen molar-refractivity contribution in [2.75, 3.05) is 10.6 Å². The molecule has 0 spiro atoms. The lowest BCUT2D eigenvalue weighted by Gasteiger charge is -2.10. The number of hydrogen-bond donors (Lipinski definition) is 2. The first-order chi connectivity index (χ1) is 12.1. The van der Waals surface area contributed by atoms with E-state index >= 15 is 0 Å². The van der Waals surface area contributed by atoms with Crippen molar-refractivity contribution in [1.29, 1.82) is 0 Å². The lowest BCUT2D eigenvalue weighted by atomic mass is 10.1. The van der Waals surface area contributed by atoms with Crippen molar-refractivity contribution in [3.63, 3.8) is 0 Å². The van der Waals surface area contributed by atoms with Crippen molar-refractivity contribution in [2.45, 2.75) is 6.92 Å². The minimum Gasteiger partial charge on any atom is -0.317 e. The topological polar surface area (TPSA) is 75.3 Å². The van der Waals surface area contributed by atoms with E-state index in [1.807, 2.05) is 30.3 Å². The van der Waals surface area contributed by atoms with Gasteiger partial charge in [-0.1, -0.05) is 48.5 Å². The van der Waals surface area contributed by atoms with E-state index in [0.717, 1.165) is 10.8 Å². The summed E-state index contributed by atoms with van der Waals surface area (Å²) in [7, 11) is 0. The lowest BCUT2D eigenvalue weighted by molar-refractivity contribution is -0.132. The number of para-hydroxylation sites is 1.